The first-order chi connectivity index (χ1) is 12.7. The van der Waals surface area contributed by atoms with Crippen LogP contribution in [0.3, 0.4) is 0 Å². The van der Waals surface area contributed by atoms with Gasteiger partial charge in [-0.1, -0.05) is 30.7 Å². The van der Waals surface area contributed by atoms with Crippen LogP contribution in [0, 0.1) is 0 Å². The van der Waals surface area contributed by atoms with E-state index in [1.807, 2.05) is 38.1 Å². The number of benzene rings is 2. The molecule has 0 bridgehead atoms. The summed E-state index contributed by atoms with van der Waals surface area (Å²) in [5, 5.41) is 3.70. The van der Waals surface area contributed by atoms with Crippen molar-refractivity contribution in [2.45, 2.75) is 38.8 Å². The molecule has 1 heterocycles. The summed E-state index contributed by atoms with van der Waals surface area (Å²) < 4.78 is 25.5. The molecule has 0 fully saturated rings. The van der Waals surface area contributed by atoms with E-state index in [0.29, 0.717) is 22.7 Å². The quantitative estimate of drug-likeness (QED) is 0.817. The normalized spacial score (nSPS) is 17.5. The average Bonchev–Trinajstić information content (AvgIpc) is 2.95. The molecule has 0 spiro atoms. The Morgan fingerprint density at radius 2 is 1.93 bits per heavy atom. The van der Waals surface area contributed by atoms with Crippen molar-refractivity contribution in [1.82, 2.24) is 5.32 Å². The molecule has 2 aromatic rings. The number of carbonyl (C=O) groups is 1. The highest BCUT2D eigenvalue weighted by atomic mass is 35.5. The van der Waals surface area contributed by atoms with Gasteiger partial charge in [0.15, 0.2) is 0 Å². The third kappa shape index (κ3) is 4.12. The number of amides is 1. The van der Waals surface area contributed by atoms with E-state index < -0.39 is 10.0 Å². The van der Waals surface area contributed by atoms with E-state index in [9.17, 15) is 13.2 Å². The van der Waals surface area contributed by atoms with E-state index in [1.165, 1.54) is 10.6 Å². The molecule has 1 N–H and O–H groups in total. The Balaban J connectivity index is 1.82. The summed E-state index contributed by atoms with van der Waals surface area (Å²) in [6.45, 7) is 3.88. The molecule has 0 aliphatic carbocycles. The second kappa shape index (κ2) is 7.52. The highest BCUT2D eigenvalue weighted by molar-refractivity contribution is 7.92. The number of anilines is 1. The first-order valence-corrected chi connectivity index (χ1v) is 11.1. The number of rotatable bonds is 5. The minimum Gasteiger partial charge on any atom is -0.345 e. The molecular formula is C20H23ClN2O3S. The maximum absolute atomic E-state index is 12.7. The smallest absolute Gasteiger partial charge is 0.251 e. The molecular weight excluding hydrogens is 384 g/mol. The van der Waals surface area contributed by atoms with E-state index >= 15 is 0 Å². The fourth-order valence-corrected chi connectivity index (χ4v) is 5.00. The second-order valence-corrected chi connectivity index (χ2v) is 9.24. The molecule has 27 heavy (non-hydrogen) atoms. The lowest BCUT2D eigenvalue weighted by molar-refractivity contribution is 0.0935. The maximum Gasteiger partial charge on any atom is 0.251 e. The van der Waals surface area contributed by atoms with E-state index in [4.69, 9.17) is 11.6 Å². The van der Waals surface area contributed by atoms with Gasteiger partial charge >= 0.3 is 0 Å². The van der Waals surface area contributed by atoms with E-state index in [-0.39, 0.29) is 18.0 Å². The summed E-state index contributed by atoms with van der Waals surface area (Å²) in [5.74, 6) is -0.176. The molecule has 0 saturated heterocycles. The molecule has 3 rings (SSSR count). The molecule has 0 saturated carbocycles. The van der Waals surface area contributed by atoms with E-state index in [1.54, 1.807) is 18.2 Å². The lowest BCUT2D eigenvalue weighted by Crippen LogP contribution is -2.34. The minimum absolute atomic E-state index is 0.116. The predicted molar refractivity (Wildman–Crippen MR) is 109 cm³/mol. The van der Waals surface area contributed by atoms with Crippen LogP contribution in [0.4, 0.5) is 5.69 Å². The SMILES string of the molecule is CC[C@@H](NC(=O)c1ccc2c(c1)C[C@H](C)N2S(C)(=O)=O)c1ccc(Cl)cc1. The summed E-state index contributed by atoms with van der Waals surface area (Å²) in [6, 6.07) is 12.4. The number of fused-ring (bicyclic) bond motifs is 1. The van der Waals surface area contributed by atoms with Crippen molar-refractivity contribution in [2.24, 2.45) is 0 Å². The predicted octanol–water partition coefficient (Wildman–Crippen LogP) is 3.93. The fourth-order valence-electron chi connectivity index (χ4n) is 3.61. The van der Waals surface area contributed by atoms with E-state index in [2.05, 4.69) is 5.32 Å². The Morgan fingerprint density at radius 3 is 2.52 bits per heavy atom. The van der Waals surface area contributed by atoms with E-state index in [0.717, 1.165) is 17.5 Å². The molecule has 5 nitrogen and oxygen atoms in total. The Kier molecular flexibility index (Phi) is 5.49. The zero-order valence-corrected chi connectivity index (χ0v) is 17.1. The van der Waals surface area contributed by atoms with Gasteiger partial charge < -0.3 is 5.32 Å². The monoisotopic (exact) mass is 406 g/mol. The largest absolute Gasteiger partial charge is 0.345 e. The average molecular weight is 407 g/mol. The van der Waals surface area contributed by atoms with Gasteiger partial charge in [0.05, 0.1) is 18.0 Å². The number of hydrogen-bond acceptors (Lipinski definition) is 3. The molecule has 1 aliphatic heterocycles. The molecule has 0 radical (unpaired) electrons. The van der Waals surface area contributed by atoms with Gasteiger partial charge in [0.1, 0.15) is 0 Å². The first kappa shape index (κ1) is 19.7. The molecule has 1 amide bonds. The van der Waals surface area contributed by atoms with Crippen LogP contribution in [0.25, 0.3) is 0 Å². The zero-order chi connectivity index (χ0) is 19.8. The summed E-state index contributed by atoms with van der Waals surface area (Å²) >= 11 is 5.94. The van der Waals surface area contributed by atoms with Gasteiger partial charge in [-0.25, -0.2) is 8.42 Å². The highest BCUT2D eigenvalue weighted by Crippen LogP contribution is 2.34. The van der Waals surface area contributed by atoms with Crippen molar-refractivity contribution in [3.8, 4) is 0 Å². The Hall–Kier alpha value is -2.05. The summed E-state index contributed by atoms with van der Waals surface area (Å²) in [6.07, 6.45) is 2.55. The first-order valence-electron chi connectivity index (χ1n) is 8.89. The number of nitrogens with zero attached hydrogens (tertiary/aromatic N) is 1. The number of carbonyl (C=O) groups excluding carboxylic acids is 1. The van der Waals surface area contributed by atoms with Gasteiger partial charge in [-0.05, 0) is 61.2 Å². The number of hydrogen-bond donors (Lipinski definition) is 1. The molecule has 0 aromatic heterocycles. The van der Waals surface area contributed by atoms with Crippen molar-refractivity contribution in [3.05, 3.63) is 64.2 Å². The van der Waals surface area contributed by atoms with Crippen LogP contribution in [0.2, 0.25) is 5.02 Å². The van der Waals surface area contributed by atoms with Gasteiger partial charge in [-0.15, -0.1) is 0 Å². The lowest BCUT2D eigenvalue weighted by atomic mass is 10.0. The van der Waals surface area contributed by atoms with Gasteiger partial charge in [-0.3, -0.25) is 9.10 Å². The minimum atomic E-state index is -3.34. The zero-order valence-electron chi connectivity index (χ0n) is 15.6. The molecule has 7 heteroatoms. The summed E-state index contributed by atoms with van der Waals surface area (Å²) in [5.41, 5.74) is 3.06. The summed E-state index contributed by atoms with van der Waals surface area (Å²) in [7, 11) is -3.34. The van der Waals surface area contributed by atoms with Crippen LogP contribution in [0.5, 0.6) is 0 Å². The van der Waals surface area contributed by atoms with Crippen molar-refractivity contribution in [1.29, 1.82) is 0 Å². The van der Waals surface area contributed by atoms with Crippen molar-refractivity contribution in [2.75, 3.05) is 10.6 Å². The van der Waals surface area contributed by atoms with Crippen molar-refractivity contribution < 1.29 is 13.2 Å². The number of nitrogens with one attached hydrogen (secondary N) is 1. The Bertz CT molecular complexity index is 958. The van der Waals surface area contributed by atoms with Crippen LogP contribution in [-0.2, 0) is 16.4 Å². The third-order valence-corrected chi connectivity index (χ3v) is 6.36. The number of halogens is 1. The topological polar surface area (TPSA) is 66.5 Å². The number of sulfonamides is 1. The van der Waals surface area contributed by atoms with Crippen LogP contribution in [0.1, 0.15) is 47.8 Å². The lowest BCUT2D eigenvalue weighted by Gasteiger charge is -2.22. The van der Waals surface area contributed by atoms with Crippen molar-refractivity contribution in [3.63, 3.8) is 0 Å². The highest BCUT2D eigenvalue weighted by Gasteiger charge is 2.32. The van der Waals surface area contributed by atoms with Crippen LogP contribution >= 0.6 is 11.6 Å². The van der Waals surface area contributed by atoms with Gasteiger partial charge in [0.2, 0.25) is 10.0 Å². The van der Waals surface area contributed by atoms with Gasteiger partial charge in [0.25, 0.3) is 5.91 Å². The molecule has 0 unspecified atom stereocenters. The molecule has 1 aliphatic rings. The van der Waals surface area contributed by atoms with Gasteiger partial charge in [0, 0.05) is 16.6 Å². The second-order valence-electron chi connectivity index (χ2n) is 6.94. The summed E-state index contributed by atoms with van der Waals surface area (Å²) in [4.78, 5) is 12.7. The molecule has 2 atom stereocenters. The fraction of sp³-hybridized carbons (Fsp3) is 0.350. The third-order valence-electron chi connectivity index (χ3n) is 4.84. The standard InChI is InChI=1S/C20H23ClN2O3S/c1-4-18(14-5-8-17(21)9-6-14)22-20(24)15-7-10-19-16(12-15)11-13(2)23(19)27(3,25)26/h5-10,12-13,18H,4,11H2,1-3H3,(H,22,24)/t13-,18+/m0/s1. The van der Waals surface area contributed by atoms with Crippen LogP contribution < -0.4 is 9.62 Å². The Morgan fingerprint density at radius 1 is 1.26 bits per heavy atom. The van der Waals surface area contributed by atoms with Crippen LogP contribution in [-0.4, -0.2) is 26.6 Å². The van der Waals surface area contributed by atoms with Gasteiger partial charge in [-0.2, -0.15) is 0 Å². The van der Waals surface area contributed by atoms with Crippen LogP contribution in [0.15, 0.2) is 42.5 Å². The Labute approximate surface area is 165 Å². The maximum atomic E-state index is 12.7. The van der Waals surface area contributed by atoms with Crippen molar-refractivity contribution >= 4 is 33.2 Å². The molecule has 2 aromatic carbocycles. The molecule has 144 valence electrons.